The van der Waals surface area contributed by atoms with Crippen LogP contribution < -0.4 is 24.7 Å². The number of nitrogens with one attached hydrogen (secondary N) is 1. The zero-order valence-corrected chi connectivity index (χ0v) is 26.3. The Hall–Kier alpha value is -4.56. The van der Waals surface area contributed by atoms with E-state index < -0.39 is 58.0 Å². The lowest BCUT2D eigenvalue weighted by atomic mass is 9.83. The molecule has 1 N–H and O–H groups in total. The van der Waals surface area contributed by atoms with Crippen LogP contribution in [0.15, 0.2) is 82.6 Å². The Morgan fingerprint density at radius 1 is 0.978 bits per heavy atom. The number of fused-ring (bicyclic) bond motifs is 2. The molecule has 1 aromatic heterocycles. The molecule has 0 unspecified atom stereocenters. The molecule has 3 heterocycles. The summed E-state index contributed by atoms with van der Waals surface area (Å²) in [5.74, 6) is -2.52. The zero-order chi connectivity index (χ0) is 32.9. The van der Waals surface area contributed by atoms with E-state index in [2.05, 4.69) is 5.32 Å². The largest absolute Gasteiger partial charge is 0.497 e. The molecular weight excluding hydrogens is 642 g/mol. The number of ether oxygens (including phenoxy) is 1. The van der Waals surface area contributed by atoms with Crippen LogP contribution in [0.5, 0.6) is 5.75 Å². The average molecular weight is 669 g/mol. The Balaban J connectivity index is 1.38. The van der Waals surface area contributed by atoms with E-state index in [1.165, 1.54) is 23.8 Å². The van der Waals surface area contributed by atoms with E-state index in [-0.39, 0.29) is 5.69 Å². The van der Waals surface area contributed by atoms with Crippen LogP contribution in [-0.4, -0.2) is 48.7 Å². The number of hydrogen-bond donors (Lipinski definition) is 1. The van der Waals surface area contributed by atoms with Gasteiger partial charge in [0.25, 0.3) is 0 Å². The van der Waals surface area contributed by atoms with Gasteiger partial charge in [0.2, 0.25) is 17.7 Å². The van der Waals surface area contributed by atoms with Crippen LogP contribution in [0.1, 0.15) is 21.9 Å². The fourth-order valence-corrected chi connectivity index (χ4v) is 8.47. The fourth-order valence-electron chi connectivity index (χ4n) is 5.70. The highest BCUT2D eigenvalue weighted by atomic mass is 32.2. The molecule has 4 aromatic rings. The molecule has 0 bridgehead atoms. The average Bonchev–Trinajstić information content (AvgIpc) is 3.47. The van der Waals surface area contributed by atoms with E-state index in [4.69, 9.17) is 4.74 Å². The monoisotopic (exact) mass is 668 g/mol. The third kappa shape index (κ3) is 5.66. The van der Waals surface area contributed by atoms with Gasteiger partial charge in [0.05, 0.1) is 29.3 Å². The first-order chi connectivity index (χ1) is 21.9. The molecule has 0 aliphatic carbocycles. The van der Waals surface area contributed by atoms with Gasteiger partial charge in [-0.05, 0) is 60.2 Å². The highest BCUT2D eigenvalue weighted by molar-refractivity contribution is 8.00. The molecule has 1 fully saturated rings. The molecule has 2 aliphatic rings. The quantitative estimate of drug-likeness (QED) is 0.262. The minimum Gasteiger partial charge on any atom is -0.497 e. The van der Waals surface area contributed by atoms with Gasteiger partial charge in [-0.1, -0.05) is 41.3 Å². The van der Waals surface area contributed by atoms with E-state index >= 15 is 0 Å². The number of imide groups is 1. The zero-order valence-electron chi connectivity index (χ0n) is 24.7. The van der Waals surface area contributed by atoms with Gasteiger partial charge < -0.3 is 15.0 Å². The van der Waals surface area contributed by atoms with Crippen LogP contribution >= 0.6 is 23.1 Å². The molecule has 3 amide bonds. The third-order valence-corrected chi connectivity index (χ3v) is 10.5. The predicted molar refractivity (Wildman–Crippen MR) is 170 cm³/mol. The highest BCUT2D eigenvalue weighted by Crippen LogP contribution is 2.54. The Morgan fingerprint density at radius 3 is 2.30 bits per heavy atom. The number of carbonyl (C=O) groups excluding carboxylic acids is 3. The molecule has 0 saturated carbocycles. The molecule has 2 aliphatic heterocycles. The minimum absolute atomic E-state index is 0.0738. The summed E-state index contributed by atoms with van der Waals surface area (Å²) in [6, 6.07) is 18.3. The Morgan fingerprint density at radius 2 is 1.67 bits per heavy atom. The van der Waals surface area contributed by atoms with Gasteiger partial charge in [-0.2, -0.15) is 13.2 Å². The number of anilines is 3. The summed E-state index contributed by atoms with van der Waals surface area (Å²) in [5.41, 5.74) is 1.02. The molecule has 3 aromatic carbocycles. The summed E-state index contributed by atoms with van der Waals surface area (Å²) in [6.07, 6.45) is -4.60. The van der Waals surface area contributed by atoms with Gasteiger partial charge >= 0.3 is 11.0 Å². The second kappa shape index (κ2) is 12.0. The van der Waals surface area contributed by atoms with Gasteiger partial charge in [0, 0.05) is 36.3 Å². The number of thiazole rings is 1. The number of methoxy groups -OCH3 is 1. The smallest absolute Gasteiger partial charge is 0.416 e. The van der Waals surface area contributed by atoms with E-state index in [0.717, 1.165) is 51.4 Å². The standard InChI is InChI=1S/C32H27F3N4O5S2/c1-37(2)20-9-7-17(8-10-20)24-25-26(29(42)39(28(25)41)21-11-13-22(44-3)14-12-21)45-30-27(24)46-31(43)38(30)16-23(40)36-19-6-4-5-18(15-19)32(33,34)35/h4-15,24-26H,16H2,1-3H3,(H,36,40)/t24-,25-,26+/m0/s1. The van der Waals surface area contributed by atoms with Gasteiger partial charge in [0.15, 0.2) is 0 Å². The number of nitrogens with zero attached hydrogens (tertiary/aromatic N) is 3. The normalized spacial score (nSPS) is 19.1. The number of carbonyl (C=O) groups is 3. The van der Waals surface area contributed by atoms with Crippen LogP contribution in [0.4, 0.5) is 30.2 Å². The van der Waals surface area contributed by atoms with Gasteiger partial charge in [-0.25, -0.2) is 4.90 Å². The molecule has 6 rings (SSSR count). The van der Waals surface area contributed by atoms with Crippen molar-refractivity contribution in [1.29, 1.82) is 0 Å². The van der Waals surface area contributed by atoms with Gasteiger partial charge in [0.1, 0.15) is 17.5 Å². The summed E-state index contributed by atoms with van der Waals surface area (Å²) in [4.78, 5) is 57.6. The second-order valence-corrected chi connectivity index (χ2v) is 13.1. The van der Waals surface area contributed by atoms with E-state index in [0.29, 0.717) is 21.3 Å². The van der Waals surface area contributed by atoms with E-state index in [1.54, 1.807) is 24.3 Å². The molecule has 0 radical (unpaired) electrons. The molecule has 0 spiro atoms. The molecule has 14 heteroatoms. The van der Waals surface area contributed by atoms with Crippen molar-refractivity contribution in [2.45, 2.75) is 28.9 Å². The maximum atomic E-state index is 14.1. The maximum Gasteiger partial charge on any atom is 0.416 e. The number of amides is 3. The summed E-state index contributed by atoms with van der Waals surface area (Å²) in [7, 11) is 5.29. The summed E-state index contributed by atoms with van der Waals surface area (Å²) in [5, 5.41) is 1.91. The SMILES string of the molecule is COc1ccc(N2C(=O)[C@H]3[C@H](c4ccc(N(C)C)cc4)c4sc(=O)n(CC(=O)Nc5cccc(C(F)(F)F)c5)c4S[C@H]3C2=O)cc1. The molecule has 3 atom stereocenters. The molecule has 46 heavy (non-hydrogen) atoms. The van der Waals surface area contributed by atoms with Crippen molar-refractivity contribution in [3.05, 3.63) is 98.5 Å². The third-order valence-electron chi connectivity index (χ3n) is 7.92. The van der Waals surface area contributed by atoms with Crippen LogP contribution in [-0.2, 0) is 27.1 Å². The number of benzene rings is 3. The van der Waals surface area contributed by atoms with Gasteiger partial charge in [-0.3, -0.25) is 23.7 Å². The Labute approximate surface area is 269 Å². The van der Waals surface area contributed by atoms with Crippen molar-refractivity contribution in [2.24, 2.45) is 5.92 Å². The van der Waals surface area contributed by atoms with Crippen molar-refractivity contribution >= 4 is 57.9 Å². The molecule has 1 saturated heterocycles. The Bertz CT molecular complexity index is 1890. The highest BCUT2D eigenvalue weighted by Gasteiger charge is 2.56. The number of alkyl halides is 3. The summed E-state index contributed by atoms with van der Waals surface area (Å²) >= 11 is 1.94. The lowest BCUT2D eigenvalue weighted by molar-refractivity contribution is -0.137. The number of hydrogen-bond acceptors (Lipinski definition) is 8. The first-order valence-corrected chi connectivity index (χ1v) is 15.7. The number of rotatable bonds is 7. The predicted octanol–water partition coefficient (Wildman–Crippen LogP) is 5.44. The first-order valence-electron chi connectivity index (χ1n) is 14.0. The van der Waals surface area contributed by atoms with Gasteiger partial charge in [-0.15, -0.1) is 0 Å². The van der Waals surface area contributed by atoms with Crippen molar-refractivity contribution in [1.82, 2.24) is 4.57 Å². The topological polar surface area (TPSA) is 101 Å². The van der Waals surface area contributed by atoms with Crippen LogP contribution in [0.2, 0.25) is 0 Å². The van der Waals surface area contributed by atoms with Crippen LogP contribution in [0.3, 0.4) is 0 Å². The fraction of sp³-hybridized carbons (Fsp3) is 0.250. The van der Waals surface area contributed by atoms with Crippen molar-refractivity contribution in [3.63, 3.8) is 0 Å². The van der Waals surface area contributed by atoms with Crippen molar-refractivity contribution < 1.29 is 32.3 Å². The lowest BCUT2D eigenvalue weighted by Crippen LogP contribution is -2.33. The van der Waals surface area contributed by atoms with Crippen LogP contribution in [0, 0.1) is 5.92 Å². The molecule has 238 valence electrons. The Kier molecular flexibility index (Phi) is 8.19. The van der Waals surface area contributed by atoms with Crippen molar-refractivity contribution in [3.8, 4) is 5.75 Å². The number of thioether (sulfide) groups is 1. The summed E-state index contributed by atoms with van der Waals surface area (Å²) in [6.45, 7) is -0.498. The molecular formula is C32H27F3N4O5S2. The van der Waals surface area contributed by atoms with E-state index in [9.17, 15) is 32.3 Å². The van der Waals surface area contributed by atoms with E-state index in [1.807, 2.05) is 43.3 Å². The summed E-state index contributed by atoms with van der Waals surface area (Å²) < 4.78 is 46.1. The van der Waals surface area contributed by atoms with Crippen molar-refractivity contribution in [2.75, 3.05) is 36.3 Å². The van der Waals surface area contributed by atoms with Crippen LogP contribution in [0.25, 0.3) is 0 Å². The number of aromatic nitrogens is 1. The maximum absolute atomic E-state index is 14.1. The minimum atomic E-state index is -4.60. The molecule has 9 nitrogen and oxygen atoms in total. The second-order valence-electron chi connectivity index (χ2n) is 11.0. The number of halogens is 3. The first kappa shape index (κ1) is 31.4. The lowest BCUT2D eigenvalue weighted by Gasteiger charge is -2.31.